The number of hydrogen-bond donors (Lipinski definition) is 0. The second-order valence-electron chi connectivity index (χ2n) is 5.62. The molecule has 1 heterocycles. The van der Waals surface area contributed by atoms with Crippen molar-refractivity contribution in [2.75, 3.05) is 7.05 Å². The van der Waals surface area contributed by atoms with Crippen LogP contribution in [0.25, 0.3) is 0 Å². The molecular formula is C14H27N. The Morgan fingerprint density at radius 3 is 2.33 bits per heavy atom. The summed E-state index contributed by atoms with van der Waals surface area (Å²) < 4.78 is 0. The summed E-state index contributed by atoms with van der Waals surface area (Å²) >= 11 is 0. The van der Waals surface area contributed by atoms with Crippen LogP contribution in [0.5, 0.6) is 0 Å². The molecule has 0 aromatic heterocycles. The Morgan fingerprint density at radius 2 is 1.67 bits per heavy atom. The topological polar surface area (TPSA) is 3.24 Å². The van der Waals surface area contributed by atoms with Crippen molar-refractivity contribution in [1.29, 1.82) is 0 Å². The maximum absolute atomic E-state index is 2.72. The molecule has 1 heteroatoms. The molecule has 88 valence electrons. The molecule has 0 bridgehead atoms. The zero-order valence-corrected chi connectivity index (χ0v) is 10.5. The molecular weight excluding hydrogens is 182 g/mol. The first-order chi connectivity index (χ1) is 7.33. The largest absolute Gasteiger partial charge is 0.300 e. The molecule has 1 aliphatic carbocycles. The van der Waals surface area contributed by atoms with Gasteiger partial charge in [-0.25, -0.2) is 0 Å². The molecule has 2 unspecified atom stereocenters. The van der Waals surface area contributed by atoms with Crippen LogP contribution in [0.3, 0.4) is 0 Å². The van der Waals surface area contributed by atoms with Crippen molar-refractivity contribution in [3.63, 3.8) is 0 Å². The van der Waals surface area contributed by atoms with Crippen LogP contribution in [0.4, 0.5) is 0 Å². The third kappa shape index (κ3) is 2.55. The zero-order chi connectivity index (χ0) is 10.7. The van der Waals surface area contributed by atoms with Crippen molar-refractivity contribution >= 4 is 0 Å². The van der Waals surface area contributed by atoms with E-state index in [1.807, 2.05) is 0 Å². The molecule has 2 atom stereocenters. The van der Waals surface area contributed by atoms with Crippen molar-refractivity contribution in [2.45, 2.75) is 76.8 Å². The lowest BCUT2D eigenvalue weighted by Gasteiger charge is -2.44. The smallest absolute Gasteiger partial charge is 0.0123 e. The fourth-order valence-corrected chi connectivity index (χ4v) is 3.82. The average Bonchev–Trinajstić information content (AvgIpc) is 2.30. The van der Waals surface area contributed by atoms with E-state index in [0.29, 0.717) is 0 Å². The summed E-state index contributed by atoms with van der Waals surface area (Å²) in [5.74, 6) is 1.03. The molecule has 1 nitrogen and oxygen atoms in total. The molecule has 1 saturated carbocycles. The predicted octanol–water partition coefficient (Wildman–Crippen LogP) is 3.83. The molecule has 0 radical (unpaired) electrons. The summed E-state index contributed by atoms with van der Waals surface area (Å²) in [6.07, 6.45) is 13.2. The van der Waals surface area contributed by atoms with Crippen LogP contribution in [0.15, 0.2) is 0 Å². The van der Waals surface area contributed by atoms with Gasteiger partial charge in [-0.05, 0) is 45.1 Å². The molecule has 2 aliphatic rings. The Labute approximate surface area is 95.2 Å². The number of likely N-dealkylation sites (tertiary alicyclic amines) is 1. The van der Waals surface area contributed by atoms with Gasteiger partial charge in [-0.1, -0.05) is 32.6 Å². The fourth-order valence-electron chi connectivity index (χ4n) is 3.82. The molecule has 0 spiro atoms. The van der Waals surface area contributed by atoms with Gasteiger partial charge in [0.05, 0.1) is 0 Å². The minimum atomic E-state index is 0.880. The lowest BCUT2D eigenvalue weighted by Crippen LogP contribution is -2.47. The zero-order valence-electron chi connectivity index (χ0n) is 10.5. The molecule has 1 saturated heterocycles. The number of rotatable bonds is 2. The Balaban J connectivity index is 1.94. The molecule has 0 aromatic rings. The van der Waals surface area contributed by atoms with Crippen molar-refractivity contribution in [3.8, 4) is 0 Å². The molecule has 0 N–H and O–H groups in total. The Morgan fingerprint density at radius 1 is 0.933 bits per heavy atom. The maximum atomic E-state index is 2.72. The van der Waals surface area contributed by atoms with E-state index in [1.54, 1.807) is 0 Å². The molecule has 0 aromatic carbocycles. The van der Waals surface area contributed by atoms with Gasteiger partial charge in [0.2, 0.25) is 0 Å². The first kappa shape index (κ1) is 11.4. The molecule has 2 rings (SSSR count). The Hall–Kier alpha value is -0.0400. The van der Waals surface area contributed by atoms with Crippen LogP contribution < -0.4 is 0 Å². The SMILES string of the molecule is CCC1CCCC(C2CCCCC2)N1C. The van der Waals surface area contributed by atoms with Gasteiger partial charge in [0.15, 0.2) is 0 Å². The number of hydrogen-bond acceptors (Lipinski definition) is 1. The quantitative estimate of drug-likeness (QED) is 0.668. The van der Waals surface area contributed by atoms with Crippen molar-refractivity contribution in [2.24, 2.45) is 5.92 Å². The highest BCUT2D eigenvalue weighted by molar-refractivity contribution is 4.87. The van der Waals surface area contributed by atoms with Gasteiger partial charge in [0, 0.05) is 12.1 Å². The molecule has 1 aliphatic heterocycles. The van der Waals surface area contributed by atoms with Crippen molar-refractivity contribution < 1.29 is 0 Å². The molecule has 0 amide bonds. The lowest BCUT2D eigenvalue weighted by molar-refractivity contribution is 0.0569. The van der Waals surface area contributed by atoms with Gasteiger partial charge >= 0.3 is 0 Å². The van der Waals surface area contributed by atoms with Crippen LogP contribution in [0, 0.1) is 5.92 Å². The Bertz CT molecular complexity index is 182. The summed E-state index contributed by atoms with van der Waals surface area (Å²) in [6.45, 7) is 2.35. The highest BCUT2D eigenvalue weighted by Crippen LogP contribution is 2.35. The third-order valence-corrected chi connectivity index (χ3v) is 4.80. The number of nitrogens with zero attached hydrogens (tertiary/aromatic N) is 1. The predicted molar refractivity (Wildman–Crippen MR) is 66.1 cm³/mol. The minimum Gasteiger partial charge on any atom is -0.300 e. The van der Waals surface area contributed by atoms with Crippen molar-refractivity contribution in [1.82, 2.24) is 4.90 Å². The summed E-state index contributed by atoms with van der Waals surface area (Å²) in [5.41, 5.74) is 0. The highest BCUT2D eigenvalue weighted by atomic mass is 15.2. The third-order valence-electron chi connectivity index (χ3n) is 4.80. The normalized spacial score (nSPS) is 35.6. The van der Waals surface area contributed by atoms with E-state index in [1.165, 1.54) is 57.8 Å². The fraction of sp³-hybridized carbons (Fsp3) is 1.00. The summed E-state index contributed by atoms with van der Waals surface area (Å²) in [5, 5.41) is 0. The average molecular weight is 209 g/mol. The van der Waals surface area contributed by atoms with E-state index < -0.39 is 0 Å². The standard InChI is InChI=1S/C14H27N/c1-3-13-10-7-11-14(15(13)2)12-8-5-4-6-9-12/h12-14H,3-11H2,1-2H3. The number of piperidine rings is 1. The second kappa shape index (κ2) is 5.34. The van der Waals surface area contributed by atoms with Crippen molar-refractivity contribution in [3.05, 3.63) is 0 Å². The van der Waals surface area contributed by atoms with Crippen LogP contribution in [0.1, 0.15) is 64.7 Å². The second-order valence-corrected chi connectivity index (χ2v) is 5.62. The van der Waals surface area contributed by atoms with Crippen LogP contribution in [-0.4, -0.2) is 24.0 Å². The van der Waals surface area contributed by atoms with E-state index in [9.17, 15) is 0 Å². The van der Waals surface area contributed by atoms with E-state index in [2.05, 4.69) is 18.9 Å². The van der Waals surface area contributed by atoms with E-state index >= 15 is 0 Å². The minimum absolute atomic E-state index is 0.880. The maximum Gasteiger partial charge on any atom is 0.0123 e. The van der Waals surface area contributed by atoms with E-state index in [-0.39, 0.29) is 0 Å². The highest BCUT2D eigenvalue weighted by Gasteiger charge is 2.32. The Kier molecular flexibility index (Phi) is 4.07. The monoisotopic (exact) mass is 209 g/mol. The van der Waals surface area contributed by atoms with E-state index in [4.69, 9.17) is 0 Å². The lowest BCUT2D eigenvalue weighted by atomic mass is 9.78. The van der Waals surface area contributed by atoms with Gasteiger partial charge in [0.1, 0.15) is 0 Å². The van der Waals surface area contributed by atoms with Crippen LogP contribution >= 0.6 is 0 Å². The van der Waals surface area contributed by atoms with Gasteiger partial charge in [0.25, 0.3) is 0 Å². The van der Waals surface area contributed by atoms with Gasteiger partial charge in [-0.3, -0.25) is 0 Å². The summed E-state index contributed by atoms with van der Waals surface area (Å²) in [7, 11) is 2.38. The van der Waals surface area contributed by atoms with Crippen LogP contribution in [-0.2, 0) is 0 Å². The van der Waals surface area contributed by atoms with Gasteiger partial charge in [-0.2, -0.15) is 0 Å². The molecule has 2 fully saturated rings. The first-order valence-corrected chi connectivity index (χ1v) is 7.05. The first-order valence-electron chi connectivity index (χ1n) is 7.05. The van der Waals surface area contributed by atoms with Gasteiger partial charge < -0.3 is 4.90 Å². The van der Waals surface area contributed by atoms with Crippen LogP contribution in [0.2, 0.25) is 0 Å². The van der Waals surface area contributed by atoms with Gasteiger partial charge in [-0.15, -0.1) is 0 Å². The summed E-state index contributed by atoms with van der Waals surface area (Å²) in [4.78, 5) is 2.72. The molecule has 15 heavy (non-hydrogen) atoms. The summed E-state index contributed by atoms with van der Waals surface area (Å²) in [6, 6.07) is 1.80. The van der Waals surface area contributed by atoms with E-state index in [0.717, 1.165) is 18.0 Å².